The third-order valence-electron chi connectivity index (χ3n) is 2.01. The summed E-state index contributed by atoms with van der Waals surface area (Å²) < 4.78 is 0. The molecule has 1 aromatic heterocycles. The summed E-state index contributed by atoms with van der Waals surface area (Å²) in [5.41, 5.74) is 2.30. The number of nitrogens with two attached hydrogens (primary N) is 1. The zero-order chi connectivity index (χ0) is 10.3. The smallest absolute Gasteiger partial charge is 0.192 e. The molecule has 3 heteroatoms. The SMILES string of the molecule is C1=Nc2ccccc2[NH2+]1.c1cc[nH+]cc1. The molecular formula is C12H13N3+2. The highest BCUT2D eigenvalue weighted by molar-refractivity contribution is 5.70. The lowest BCUT2D eigenvalue weighted by molar-refractivity contribution is -0.427. The fourth-order valence-electron chi connectivity index (χ4n) is 1.29. The number of hydrogen-bond acceptors (Lipinski definition) is 1. The monoisotopic (exact) mass is 199 g/mol. The summed E-state index contributed by atoms with van der Waals surface area (Å²) in [5, 5.41) is 2.01. The van der Waals surface area contributed by atoms with Crippen molar-refractivity contribution in [1.82, 2.24) is 0 Å². The number of pyridine rings is 1. The molecule has 3 rings (SSSR count). The van der Waals surface area contributed by atoms with Gasteiger partial charge in [-0.2, -0.15) is 4.99 Å². The molecule has 1 aliphatic heterocycles. The summed E-state index contributed by atoms with van der Waals surface area (Å²) in [7, 11) is 0. The lowest BCUT2D eigenvalue weighted by atomic mass is 10.3. The second-order valence-electron chi connectivity index (χ2n) is 3.08. The van der Waals surface area contributed by atoms with Gasteiger partial charge in [-0.3, -0.25) is 5.32 Å². The summed E-state index contributed by atoms with van der Waals surface area (Å²) in [4.78, 5) is 7.01. The maximum atomic E-state index is 4.12. The first-order valence-electron chi connectivity index (χ1n) is 4.84. The number of aromatic nitrogens is 1. The van der Waals surface area contributed by atoms with Crippen molar-refractivity contribution >= 4 is 17.7 Å². The van der Waals surface area contributed by atoms with Crippen LogP contribution in [0.5, 0.6) is 0 Å². The highest BCUT2D eigenvalue weighted by atomic mass is 15.0. The van der Waals surface area contributed by atoms with E-state index in [1.807, 2.05) is 60.4 Å². The average Bonchev–Trinajstić information content (AvgIpc) is 2.80. The second-order valence-corrected chi connectivity index (χ2v) is 3.08. The van der Waals surface area contributed by atoms with Gasteiger partial charge in [-0.15, -0.1) is 0 Å². The van der Waals surface area contributed by atoms with Crippen LogP contribution in [0.3, 0.4) is 0 Å². The normalized spacial score (nSPS) is 11.5. The molecule has 0 atom stereocenters. The molecule has 1 aromatic carbocycles. The van der Waals surface area contributed by atoms with Crippen LogP contribution in [0.4, 0.5) is 11.4 Å². The highest BCUT2D eigenvalue weighted by Crippen LogP contribution is 2.20. The maximum Gasteiger partial charge on any atom is 0.192 e. The molecule has 15 heavy (non-hydrogen) atoms. The van der Waals surface area contributed by atoms with E-state index in [0.717, 1.165) is 5.69 Å². The maximum absolute atomic E-state index is 4.12. The number of benzene rings is 1. The number of aromatic amines is 1. The van der Waals surface area contributed by atoms with Crippen molar-refractivity contribution < 1.29 is 10.3 Å². The summed E-state index contributed by atoms with van der Waals surface area (Å²) in [6.07, 6.45) is 5.57. The van der Waals surface area contributed by atoms with Gasteiger partial charge in [0.15, 0.2) is 24.4 Å². The topological polar surface area (TPSA) is 43.1 Å². The molecule has 0 fully saturated rings. The summed E-state index contributed by atoms with van der Waals surface area (Å²) in [6.45, 7) is 0. The summed E-state index contributed by atoms with van der Waals surface area (Å²) >= 11 is 0. The standard InChI is InChI=1S/C7H6N2.C5H5N/c1-2-4-7-6(3-1)8-5-9-7;1-2-4-6-5-3-1/h1-5H,(H,8,9);1-5H/p+2. The largest absolute Gasteiger partial charge is 0.270 e. The van der Waals surface area contributed by atoms with Gasteiger partial charge in [0.2, 0.25) is 0 Å². The van der Waals surface area contributed by atoms with E-state index in [2.05, 4.69) is 16.0 Å². The van der Waals surface area contributed by atoms with Crippen LogP contribution < -0.4 is 10.3 Å². The van der Waals surface area contributed by atoms with E-state index in [1.54, 1.807) is 0 Å². The number of fused-ring (bicyclic) bond motifs is 1. The Morgan fingerprint density at radius 3 is 2.33 bits per heavy atom. The first-order valence-corrected chi connectivity index (χ1v) is 4.84. The minimum Gasteiger partial charge on any atom is -0.270 e. The molecular weight excluding hydrogens is 186 g/mol. The van der Waals surface area contributed by atoms with E-state index in [4.69, 9.17) is 0 Å². The molecule has 0 radical (unpaired) electrons. The molecule has 0 saturated carbocycles. The third-order valence-corrected chi connectivity index (χ3v) is 2.01. The van der Waals surface area contributed by atoms with Crippen molar-refractivity contribution in [2.45, 2.75) is 0 Å². The van der Waals surface area contributed by atoms with Crippen LogP contribution in [-0.2, 0) is 0 Å². The fraction of sp³-hybridized carbons (Fsp3) is 0. The number of hydrogen-bond donors (Lipinski definition) is 1. The van der Waals surface area contributed by atoms with Gasteiger partial charge in [-0.25, -0.2) is 4.98 Å². The molecule has 0 aliphatic carbocycles. The zero-order valence-corrected chi connectivity index (χ0v) is 8.30. The quantitative estimate of drug-likeness (QED) is 0.616. The molecule has 0 spiro atoms. The van der Waals surface area contributed by atoms with Gasteiger partial charge in [-0.05, 0) is 6.07 Å². The van der Waals surface area contributed by atoms with Crippen molar-refractivity contribution in [3.05, 3.63) is 54.9 Å². The Kier molecular flexibility index (Phi) is 3.20. The molecule has 0 unspecified atom stereocenters. The van der Waals surface area contributed by atoms with Crippen molar-refractivity contribution in [3.8, 4) is 0 Å². The van der Waals surface area contributed by atoms with Crippen molar-refractivity contribution in [2.75, 3.05) is 0 Å². The fourth-order valence-corrected chi connectivity index (χ4v) is 1.29. The molecule has 2 aromatic rings. The lowest BCUT2D eigenvalue weighted by Gasteiger charge is -1.87. The molecule has 0 amide bonds. The van der Waals surface area contributed by atoms with Gasteiger partial charge < -0.3 is 0 Å². The van der Waals surface area contributed by atoms with Gasteiger partial charge >= 0.3 is 0 Å². The Hall–Kier alpha value is -2.00. The van der Waals surface area contributed by atoms with Gasteiger partial charge in [0.05, 0.1) is 0 Å². The predicted octanol–water partition coefficient (Wildman–Crippen LogP) is 1.06. The van der Waals surface area contributed by atoms with Gasteiger partial charge in [0.25, 0.3) is 0 Å². The Balaban J connectivity index is 0.000000124. The van der Waals surface area contributed by atoms with Crippen LogP contribution in [-0.4, -0.2) is 6.34 Å². The highest BCUT2D eigenvalue weighted by Gasteiger charge is 2.06. The van der Waals surface area contributed by atoms with Crippen molar-refractivity contribution in [2.24, 2.45) is 4.99 Å². The van der Waals surface area contributed by atoms with E-state index in [0.29, 0.717) is 0 Å². The number of nitrogens with zero attached hydrogens (tertiary/aromatic N) is 1. The van der Waals surface area contributed by atoms with Crippen LogP contribution in [0, 0.1) is 0 Å². The Morgan fingerprint density at radius 1 is 0.933 bits per heavy atom. The molecule has 3 N–H and O–H groups in total. The van der Waals surface area contributed by atoms with Crippen molar-refractivity contribution in [3.63, 3.8) is 0 Å². The van der Waals surface area contributed by atoms with Gasteiger partial charge in [0.1, 0.15) is 5.69 Å². The molecule has 1 aliphatic rings. The van der Waals surface area contributed by atoms with Crippen LogP contribution in [0.1, 0.15) is 0 Å². The average molecular weight is 199 g/mol. The first-order chi connectivity index (χ1) is 7.47. The predicted molar refractivity (Wildman–Crippen MR) is 59.2 cm³/mol. The first kappa shape index (κ1) is 9.55. The van der Waals surface area contributed by atoms with Crippen molar-refractivity contribution in [1.29, 1.82) is 0 Å². The van der Waals surface area contributed by atoms with Crippen LogP contribution in [0.25, 0.3) is 0 Å². The van der Waals surface area contributed by atoms with Gasteiger partial charge in [-0.1, -0.05) is 18.2 Å². The number of aliphatic imine (C=N–C) groups is 1. The number of para-hydroxylation sites is 2. The molecule has 3 nitrogen and oxygen atoms in total. The Bertz CT molecular complexity index is 411. The number of nitrogens with one attached hydrogen (secondary N) is 1. The summed E-state index contributed by atoms with van der Waals surface area (Å²) in [6, 6.07) is 13.9. The second kappa shape index (κ2) is 5.02. The number of quaternary nitrogens is 1. The minimum atomic E-state index is 1.08. The van der Waals surface area contributed by atoms with Crippen LogP contribution >= 0.6 is 0 Å². The van der Waals surface area contributed by atoms with E-state index in [9.17, 15) is 0 Å². The van der Waals surface area contributed by atoms with E-state index in [1.165, 1.54) is 5.69 Å². The Morgan fingerprint density at radius 2 is 1.73 bits per heavy atom. The van der Waals surface area contributed by atoms with Crippen LogP contribution in [0.15, 0.2) is 59.9 Å². The molecule has 74 valence electrons. The third kappa shape index (κ3) is 2.72. The van der Waals surface area contributed by atoms with E-state index >= 15 is 0 Å². The number of H-pyrrole nitrogens is 1. The number of rotatable bonds is 0. The molecule has 2 heterocycles. The van der Waals surface area contributed by atoms with E-state index in [-0.39, 0.29) is 0 Å². The Labute approximate surface area is 88.5 Å². The van der Waals surface area contributed by atoms with Gasteiger partial charge in [0, 0.05) is 18.2 Å². The zero-order valence-electron chi connectivity index (χ0n) is 8.30. The van der Waals surface area contributed by atoms with Crippen LogP contribution in [0.2, 0.25) is 0 Å². The molecule has 0 bridgehead atoms. The lowest BCUT2D eigenvalue weighted by Crippen LogP contribution is -2.74. The minimum absolute atomic E-state index is 1.08. The van der Waals surface area contributed by atoms with E-state index < -0.39 is 0 Å². The molecule has 0 saturated heterocycles. The summed E-state index contributed by atoms with van der Waals surface area (Å²) in [5.74, 6) is 0.